The smallest absolute Gasteiger partial charge is 0.321 e. The number of nitrogens with zero attached hydrogens (tertiary/aromatic N) is 1. The lowest BCUT2D eigenvalue weighted by Gasteiger charge is -2.10. The highest BCUT2D eigenvalue weighted by atomic mass is 32.2. The first-order valence-corrected chi connectivity index (χ1v) is 12.8. The molecule has 0 aliphatic carbocycles. The van der Waals surface area contributed by atoms with Gasteiger partial charge in [0.25, 0.3) is 0 Å². The van der Waals surface area contributed by atoms with Gasteiger partial charge in [0.1, 0.15) is 0 Å². The molecule has 1 aliphatic rings. The predicted octanol–water partition coefficient (Wildman–Crippen LogP) is 2.85. The molecule has 32 heavy (non-hydrogen) atoms. The van der Waals surface area contributed by atoms with Crippen LogP contribution in [0.1, 0.15) is 6.42 Å². The van der Waals surface area contributed by atoms with E-state index in [2.05, 4.69) is 20.6 Å². The lowest BCUT2D eigenvalue weighted by atomic mass is 10.1. The zero-order chi connectivity index (χ0) is 22.6. The maximum Gasteiger partial charge on any atom is 0.321 e. The molecule has 1 saturated heterocycles. The summed E-state index contributed by atoms with van der Waals surface area (Å²) in [5.74, 6) is -0.562. The van der Waals surface area contributed by atoms with Gasteiger partial charge in [-0.25, -0.2) is 18.2 Å². The van der Waals surface area contributed by atoms with E-state index in [1.807, 2.05) is 60.7 Å². The number of amides is 3. The van der Waals surface area contributed by atoms with Gasteiger partial charge in [0.2, 0.25) is 5.91 Å². The molecule has 166 valence electrons. The lowest BCUT2D eigenvalue weighted by Crippen LogP contribution is -2.45. The number of sulfone groups is 1. The molecule has 4 rings (SSSR count). The van der Waals surface area contributed by atoms with Gasteiger partial charge < -0.3 is 10.3 Å². The van der Waals surface area contributed by atoms with E-state index in [0.29, 0.717) is 11.6 Å². The highest BCUT2D eigenvalue weighted by Gasteiger charge is 2.29. The minimum absolute atomic E-state index is 0.0215. The molecule has 0 radical (unpaired) electrons. The monoisotopic (exact) mass is 470 g/mol. The molecule has 0 bridgehead atoms. The standard InChI is InChI=1S/C22H22N4O4S2/c27-18(24-21(28)23-17-11-12-32(29,30)14-17)13-31-22-25-19(15-7-3-1-4-8-15)20(26-22)16-9-5-2-6-10-16/h1-10,17H,11-14H2,(H,25,26)(H2,23,24,27,28). The Hall–Kier alpha value is -3.11. The van der Waals surface area contributed by atoms with Crippen LogP contribution < -0.4 is 10.6 Å². The molecule has 3 N–H and O–H groups in total. The first-order chi connectivity index (χ1) is 15.4. The Kier molecular flexibility index (Phi) is 6.61. The number of hydrogen-bond acceptors (Lipinski definition) is 6. The maximum atomic E-state index is 12.2. The molecule has 10 heteroatoms. The SMILES string of the molecule is O=C(CSc1nc(-c2ccccc2)c(-c2ccccc2)[nH]1)NC(=O)NC1CCS(=O)(=O)C1. The Morgan fingerprint density at radius 1 is 1.03 bits per heavy atom. The number of aromatic amines is 1. The number of carbonyl (C=O) groups is 2. The maximum absolute atomic E-state index is 12.2. The van der Waals surface area contributed by atoms with Crippen molar-refractivity contribution >= 4 is 33.5 Å². The van der Waals surface area contributed by atoms with Gasteiger partial charge in [-0.1, -0.05) is 72.4 Å². The fraction of sp³-hybridized carbons (Fsp3) is 0.227. The van der Waals surface area contributed by atoms with Crippen molar-refractivity contribution in [3.05, 3.63) is 60.7 Å². The Bertz CT molecular complexity index is 1150. The highest BCUT2D eigenvalue weighted by Crippen LogP contribution is 2.32. The number of nitrogens with one attached hydrogen (secondary N) is 3. The zero-order valence-electron chi connectivity index (χ0n) is 17.1. The van der Waals surface area contributed by atoms with E-state index in [0.717, 1.165) is 22.5 Å². The van der Waals surface area contributed by atoms with Gasteiger partial charge in [0.05, 0.1) is 28.6 Å². The van der Waals surface area contributed by atoms with Crippen LogP contribution in [-0.4, -0.2) is 53.6 Å². The van der Waals surface area contributed by atoms with E-state index >= 15 is 0 Å². The Morgan fingerprint density at radius 2 is 1.69 bits per heavy atom. The van der Waals surface area contributed by atoms with E-state index in [-0.39, 0.29) is 17.3 Å². The minimum Gasteiger partial charge on any atom is -0.334 e. The number of aromatic nitrogens is 2. The van der Waals surface area contributed by atoms with Crippen molar-refractivity contribution in [1.29, 1.82) is 0 Å². The van der Waals surface area contributed by atoms with Crippen molar-refractivity contribution < 1.29 is 18.0 Å². The molecule has 8 nitrogen and oxygen atoms in total. The summed E-state index contributed by atoms with van der Waals surface area (Å²) in [6.45, 7) is 0. The van der Waals surface area contributed by atoms with Crippen LogP contribution in [0.15, 0.2) is 65.8 Å². The second-order valence-corrected chi connectivity index (χ2v) is 10.6. The van der Waals surface area contributed by atoms with Crippen molar-refractivity contribution in [2.45, 2.75) is 17.6 Å². The van der Waals surface area contributed by atoms with E-state index in [1.165, 1.54) is 11.8 Å². The highest BCUT2D eigenvalue weighted by molar-refractivity contribution is 7.99. The summed E-state index contributed by atoms with van der Waals surface area (Å²) in [7, 11) is -3.11. The molecule has 0 spiro atoms. The number of thioether (sulfide) groups is 1. The number of imidazole rings is 1. The first kappa shape index (κ1) is 22.1. The Labute approximate surface area is 190 Å². The molecular formula is C22H22N4O4S2. The summed E-state index contributed by atoms with van der Waals surface area (Å²) in [5.41, 5.74) is 3.55. The number of urea groups is 1. The van der Waals surface area contributed by atoms with Crippen molar-refractivity contribution in [1.82, 2.24) is 20.6 Å². The average molecular weight is 471 g/mol. The number of carbonyl (C=O) groups excluding carboxylic acids is 2. The number of rotatable bonds is 6. The van der Waals surface area contributed by atoms with E-state index in [1.54, 1.807) is 0 Å². The largest absolute Gasteiger partial charge is 0.334 e. The van der Waals surface area contributed by atoms with Crippen LogP contribution in [0.25, 0.3) is 22.5 Å². The minimum atomic E-state index is -3.11. The number of hydrogen-bond donors (Lipinski definition) is 3. The fourth-order valence-corrected chi connectivity index (χ4v) is 5.81. The summed E-state index contributed by atoms with van der Waals surface area (Å²) in [5, 5.41) is 5.34. The van der Waals surface area contributed by atoms with Gasteiger partial charge in [-0.2, -0.15) is 0 Å². The summed E-state index contributed by atoms with van der Waals surface area (Å²) in [6, 6.07) is 18.4. The normalized spacial score (nSPS) is 17.1. The Morgan fingerprint density at radius 3 is 2.31 bits per heavy atom. The van der Waals surface area contributed by atoms with Crippen LogP contribution in [0.4, 0.5) is 4.79 Å². The molecule has 2 heterocycles. The predicted molar refractivity (Wildman–Crippen MR) is 124 cm³/mol. The van der Waals surface area contributed by atoms with Crippen molar-refractivity contribution in [3.8, 4) is 22.5 Å². The van der Waals surface area contributed by atoms with Gasteiger partial charge in [-0.15, -0.1) is 0 Å². The molecule has 3 amide bonds. The van der Waals surface area contributed by atoms with Gasteiger partial charge in [0.15, 0.2) is 15.0 Å². The third kappa shape index (κ3) is 5.57. The molecule has 1 atom stereocenters. The average Bonchev–Trinajstić information content (AvgIpc) is 3.36. The topological polar surface area (TPSA) is 121 Å². The van der Waals surface area contributed by atoms with Crippen molar-refractivity contribution in [3.63, 3.8) is 0 Å². The van der Waals surface area contributed by atoms with Crippen LogP contribution in [-0.2, 0) is 14.6 Å². The Balaban J connectivity index is 1.40. The van der Waals surface area contributed by atoms with Gasteiger partial charge in [-0.05, 0) is 6.42 Å². The van der Waals surface area contributed by atoms with Gasteiger partial charge in [-0.3, -0.25) is 10.1 Å². The fourth-order valence-electron chi connectivity index (χ4n) is 3.47. The second kappa shape index (κ2) is 9.58. The quantitative estimate of drug-likeness (QED) is 0.477. The molecule has 3 aromatic rings. The second-order valence-electron chi connectivity index (χ2n) is 7.41. The van der Waals surface area contributed by atoms with Crippen LogP contribution in [0.3, 0.4) is 0 Å². The van der Waals surface area contributed by atoms with Gasteiger partial charge in [0, 0.05) is 17.2 Å². The van der Waals surface area contributed by atoms with Crippen LogP contribution in [0.5, 0.6) is 0 Å². The van der Waals surface area contributed by atoms with Crippen LogP contribution >= 0.6 is 11.8 Å². The molecule has 1 unspecified atom stereocenters. The summed E-state index contributed by atoms with van der Waals surface area (Å²) >= 11 is 1.18. The van der Waals surface area contributed by atoms with E-state index in [9.17, 15) is 18.0 Å². The summed E-state index contributed by atoms with van der Waals surface area (Å²) < 4.78 is 23.0. The summed E-state index contributed by atoms with van der Waals surface area (Å²) in [4.78, 5) is 32.1. The first-order valence-electron chi connectivity index (χ1n) is 10.0. The summed E-state index contributed by atoms with van der Waals surface area (Å²) in [6.07, 6.45) is 0.357. The molecule has 1 fully saturated rings. The number of benzene rings is 2. The molecule has 1 aliphatic heterocycles. The number of H-pyrrole nitrogens is 1. The van der Waals surface area contributed by atoms with Crippen LogP contribution in [0.2, 0.25) is 0 Å². The third-order valence-electron chi connectivity index (χ3n) is 4.95. The van der Waals surface area contributed by atoms with Crippen molar-refractivity contribution in [2.24, 2.45) is 0 Å². The molecule has 0 saturated carbocycles. The van der Waals surface area contributed by atoms with E-state index < -0.39 is 27.8 Å². The molecule has 1 aromatic heterocycles. The third-order valence-corrected chi connectivity index (χ3v) is 7.59. The molecule has 2 aromatic carbocycles. The van der Waals surface area contributed by atoms with Crippen LogP contribution in [0, 0.1) is 0 Å². The van der Waals surface area contributed by atoms with E-state index in [4.69, 9.17) is 0 Å². The molecular weight excluding hydrogens is 448 g/mol. The van der Waals surface area contributed by atoms with Crippen molar-refractivity contribution in [2.75, 3.05) is 17.3 Å². The lowest BCUT2D eigenvalue weighted by molar-refractivity contribution is -0.117. The zero-order valence-corrected chi connectivity index (χ0v) is 18.7. The number of imide groups is 1. The van der Waals surface area contributed by atoms with Gasteiger partial charge >= 0.3 is 6.03 Å².